The Morgan fingerprint density at radius 1 is 1.03 bits per heavy atom. The zero-order chi connectivity index (χ0) is 20.4. The fraction of sp³-hybridized carbons (Fsp3) is 0.381. The summed E-state index contributed by atoms with van der Waals surface area (Å²) in [6.07, 6.45) is 5.00. The molecule has 2 fully saturated rings. The van der Waals surface area contributed by atoms with Gasteiger partial charge in [-0.05, 0) is 48.9 Å². The summed E-state index contributed by atoms with van der Waals surface area (Å²) in [4.78, 5) is 28.9. The van der Waals surface area contributed by atoms with E-state index in [-0.39, 0.29) is 23.1 Å². The lowest BCUT2D eigenvalue weighted by Gasteiger charge is -2.46. The number of aromatic nitrogens is 2. The molecule has 1 unspecified atom stereocenters. The number of nitriles is 1. The van der Waals surface area contributed by atoms with Gasteiger partial charge in [0.15, 0.2) is 0 Å². The topological polar surface area (TPSA) is 110 Å². The molecule has 3 heterocycles. The molecule has 0 spiro atoms. The quantitative estimate of drug-likeness (QED) is 0.852. The number of phenolic OH excluding ortho intramolecular Hbond substituents is 1. The Bertz CT molecular complexity index is 966. The Kier molecular flexibility index (Phi) is 5.12. The van der Waals surface area contributed by atoms with Crippen LogP contribution in [-0.2, 0) is 0 Å². The maximum Gasteiger partial charge on any atom is 0.255 e. The number of carbonyl (C=O) groups excluding carboxylic acids is 2. The first-order chi connectivity index (χ1) is 14.1. The molecule has 0 aliphatic carbocycles. The van der Waals surface area contributed by atoms with Crippen LogP contribution in [0, 0.1) is 23.2 Å². The summed E-state index contributed by atoms with van der Waals surface area (Å²) in [5, 5.41) is 26.1. The molecule has 1 atom stereocenters. The average Bonchev–Trinajstić information content (AvgIpc) is 2.73. The van der Waals surface area contributed by atoms with Crippen molar-refractivity contribution in [3.63, 3.8) is 0 Å². The second-order valence-electron chi connectivity index (χ2n) is 7.60. The highest BCUT2D eigenvalue weighted by Crippen LogP contribution is 2.32. The molecule has 2 aromatic rings. The van der Waals surface area contributed by atoms with E-state index in [1.165, 1.54) is 30.6 Å². The monoisotopic (exact) mass is 391 g/mol. The molecule has 0 bridgehead atoms. The van der Waals surface area contributed by atoms with Gasteiger partial charge in [0.25, 0.3) is 11.8 Å². The molecule has 8 nitrogen and oxygen atoms in total. The van der Waals surface area contributed by atoms with Gasteiger partial charge in [0.2, 0.25) is 0 Å². The van der Waals surface area contributed by atoms with E-state index in [1.807, 2.05) is 11.0 Å². The molecule has 1 aromatic carbocycles. The van der Waals surface area contributed by atoms with Crippen LogP contribution in [-0.4, -0.2) is 63.1 Å². The highest BCUT2D eigenvalue weighted by Gasteiger charge is 2.39. The Labute approximate surface area is 168 Å². The lowest BCUT2D eigenvalue weighted by atomic mass is 9.80. The van der Waals surface area contributed by atoms with E-state index in [0.29, 0.717) is 42.6 Å². The maximum absolute atomic E-state index is 12.7. The van der Waals surface area contributed by atoms with Gasteiger partial charge >= 0.3 is 0 Å². The first-order valence-electron chi connectivity index (χ1n) is 9.65. The lowest BCUT2D eigenvalue weighted by Crippen LogP contribution is -2.55. The second-order valence-corrected chi connectivity index (χ2v) is 7.60. The van der Waals surface area contributed by atoms with Crippen LogP contribution in [0.2, 0.25) is 0 Å². The van der Waals surface area contributed by atoms with Crippen molar-refractivity contribution < 1.29 is 14.7 Å². The third kappa shape index (κ3) is 3.76. The molecule has 2 aliphatic heterocycles. The van der Waals surface area contributed by atoms with Gasteiger partial charge in [-0.3, -0.25) is 9.59 Å². The Balaban J connectivity index is 1.35. The number of hydrogen-bond donors (Lipinski definition) is 1. The molecule has 4 rings (SSSR count). The summed E-state index contributed by atoms with van der Waals surface area (Å²) >= 11 is 0. The van der Waals surface area contributed by atoms with Gasteiger partial charge in [0.05, 0.1) is 23.5 Å². The summed E-state index contributed by atoms with van der Waals surface area (Å²) in [6.45, 7) is 2.71. The van der Waals surface area contributed by atoms with Crippen molar-refractivity contribution in [1.29, 1.82) is 5.26 Å². The number of phenols is 1. The highest BCUT2D eigenvalue weighted by atomic mass is 16.3. The number of rotatable bonds is 3. The molecular weight excluding hydrogens is 370 g/mol. The number of piperidine rings is 1. The van der Waals surface area contributed by atoms with Gasteiger partial charge in [0.1, 0.15) is 11.8 Å². The van der Waals surface area contributed by atoms with Gasteiger partial charge in [-0.1, -0.05) is 0 Å². The number of aromatic hydroxyl groups is 1. The number of benzene rings is 1. The molecule has 29 heavy (non-hydrogen) atoms. The van der Waals surface area contributed by atoms with Crippen molar-refractivity contribution in [3.8, 4) is 11.8 Å². The summed E-state index contributed by atoms with van der Waals surface area (Å²) in [7, 11) is 0. The highest BCUT2D eigenvalue weighted by molar-refractivity contribution is 5.95. The SMILES string of the molecule is N#Cc1cc(C(=O)N2CC(C3CCCN(C(=O)c4ccnnc4)C3)C2)ccc1O. The van der Waals surface area contributed by atoms with Crippen molar-refractivity contribution in [2.75, 3.05) is 26.2 Å². The summed E-state index contributed by atoms with van der Waals surface area (Å²) < 4.78 is 0. The van der Waals surface area contributed by atoms with Gasteiger partial charge in [-0.25, -0.2) is 0 Å². The van der Waals surface area contributed by atoms with E-state index in [0.717, 1.165) is 19.4 Å². The molecule has 0 radical (unpaired) electrons. The van der Waals surface area contributed by atoms with Gasteiger partial charge in [-0.15, -0.1) is 0 Å². The minimum Gasteiger partial charge on any atom is -0.507 e. The second kappa shape index (κ2) is 7.87. The predicted octanol–water partition coefficient (Wildman–Crippen LogP) is 1.68. The zero-order valence-electron chi connectivity index (χ0n) is 15.9. The molecule has 2 amide bonds. The van der Waals surface area contributed by atoms with Crippen LogP contribution >= 0.6 is 0 Å². The average molecular weight is 391 g/mol. The van der Waals surface area contributed by atoms with Crippen molar-refractivity contribution in [3.05, 3.63) is 53.3 Å². The van der Waals surface area contributed by atoms with Crippen LogP contribution < -0.4 is 0 Å². The number of amides is 2. The first kappa shape index (κ1) is 18.9. The maximum atomic E-state index is 12.7. The van der Waals surface area contributed by atoms with Gasteiger partial charge in [0, 0.05) is 31.7 Å². The lowest BCUT2D eigenvalue weighted by molar-refractivity contribution is 0.0188. The first-order valence-corrected chi connectivity index (χ1v) is 9.65. The third-order valence-electron chi connectivity index (χ3n) is 5.80. The van der Waals surface area contributed by atoms with Crippen molar-refractivity contribution in [2.24, 2.45) is 11.8 Å². The molecule has 0 saturated carbocycles. The Morgan fingerprint density at radius 2 is 1.79 bits per heavy atom. The van der Waals surface area contributed by atoms with Crippen LogP contribution in [0.15, 0.2) is 36.7 Å². The number of hydrogen-bond acceptors (Lipinski definition) is 6. The van der Waals surface area contributed by atoms with E-state index >= 15 is 0 Å². The fourth-order valence-electron chi connectivity index (χ4n) is 4.10. The number of nitrogens with zero attached hydrogens (tertiary/aromatic N) is 5. The van der Waals surface area contributed by atoms with E-state index in [1.54, 1.807) is 11.0 Å². The van der Waals surface area contributed by atoms with Gasteiger partial charge in [-0.2, -0.15) is 15.5 Å². The smallest absolute Gasteiger partial charge is 0.255 e. The summed E-state index contributed by atoms with van der Waals surface area (Å²) in [5.41, 5.74) is 1.05. The number of likely N-dealkylation sites (tertiary alicyclic amines) is 2. The standard InChI is InChI=1S/C21H21N5O3/c22-9-17-8-14(3-4-19(17)27)20(28)26-12-18(13-26)16-2-1-7-25(11-16)21(29)15-5-6-23-24-10-15/h3-6,8,10,16,18,27H,1-2,7,11-13H2. The molecule has 148 valence electrons. The molecule has 1 aromatic heterocycles. The molecule has 8 heteroatoms. The van der Waals surface area contributed by atoms with Crippen molar-refractivity contribution in [1.82, 2.24) is 20.0 Å². The Morgan fingerprint density at radius 3 is 2.52 bits per heavy atom. The number of carbonyl (C=O) groups is 2. The van der Waals surface area contributed by atoms with Crippen molar-refractivity contribution >= 4 is 11.8 Å². The Hall–Kier alpha value is -3.47. The van der Waals surface area contributed by atoms with Crippen LogP contribution in [0.4, 0.5) is 0 Å². The van der Waals surface area contributed by atoms with E-state index in [9.17, 15) is 14.7 Å². The molecular formula is C21H21N5O3. The summed E-state index contributed by atoms with van der Waals surface area (Å²) in [5.74, 6) is 0.440. The van der Waals surface area contributed by atoms with Gasteiger partial charge < -0.3 is 14.9 Å². The summed E-state index contributed by atoms with van der Waals surface area (Å²) in [6, 6.07) is 7.90. The van der Waals surface area contributed by atoms with Crippen LogP contribution in [0.5, 0.6) is 5.75 Å². The molecule has 2 saturated heterocycles. The largest absolute Gasteiger partial charge is 0.507 e. The van der Waals surface area contributed by atoms with E-state index in [2.05, 4.69) is 10.2 Å². The van der Waals surface area contributed by atoms with Crippen LogP contribution in [0.3, 0.4) is 0 Å². The van der Waals surface area contributed by atoms with Crippen LogP contribution in [0.25, 0.3) is 0 Å². The third-order valence-corrected chi connectivity index (χ3v) is 5.80. The van der Waals surface area contributed by atoms with E-state index < -0.39 is 0 Å². The molecule has 1 N–H and O–H groups in total. The normalized spacial score (nSPS) is 19.3. The molecule has 2 aliphatic rings. The minimum atomic E-state index is -0.135. The zero-order valence-corrected chi connectivity index (χ0v) is 15.9. The van der Waals surface area contributed by atoms with Crippen molar-refractivity contribution in [2.45, 2.75) is 12.8 Å². The van der Waals surface area contributed by atoms with E-state index in [4.69, 9.17) is 5.26 Å². The predicted molar refractivity (Wildman–Crippen MR) is 103 cm³/mol. The fourth-order valence-corrected chi connectivity index (χ4v) is 4.10. The minimum absolute atomic E-state index is 0.0232. The van der Waals surface area contributed by atoms with Crippen LogP contribution in [0.1, 0.15) is 39.1 Å².